The predicted molar refractivity (Wildman–Crippen MR) is 252 cm³/mol. The summed E-state index contributed by atoms with van der Waals surface area (Å²) in [5, 5.41) is 56.9. The van der Waals surface area contributed by atoms with Gasteiger partial charge in [-0.3, -0.25) is 33.6 Å². The van der Waals surface area contributed by atoms with E-state index >= 15 is 0 Å². The van der Waals surface area contributed by atoms with E-state index in [4.69, 9.17) is 5.73 Å². The third kappa shape index (κ3) is 14.4. The minimum Gasteiger partial charge on any atom is -0.508 e. The van der Waals surface area contributed by atoms with Gasteiger partial charge in [-0.2, -0.15) is 0 Å². The van der Waals surface area contributed by atoms with Gasteiger partial charge in [0.25, 0.3) is 0 Å². The van der Waals surface area contributed by atoms with Crippen LogP contribution in [0.25, 0.3) is 21.8 Å². The summed E-state index contributed by atoms with van der Waals surface area (Å²) < 4.78 is 0. The fourth-order valence-corrected chi connectivity index (χ4v) is 7.61. The Kier molecular flexibility index (Phi) is 18.0. The number of hydrogen-bond acceptors (Lipinski definition) is 11. The number of rotatable bonds is 24. The van der Waals surface area contributed by atoms with Gasteiger partial charge in [0.05, 0.1) is 12.1 Å². The zero-order chi connectivity index (χ0) is 50.5. The van der Waals surface area contributed by atoms with Crippen molar-refractivity contribution in [3.63, 3.8) is 0 Å². The number of carboxylic acids is 2. The molecule has 0 aliphatic heterocycles. The Labute approximate surface area is 396 Å². The van der Waals surface area contributed by atoms with E-state index in [1.54, 1.807) is 56.6 Å². The molecule has 5 aromatic rings. The Morgan fingerprint density at radius 1 is 0.551 bits per heavy atom. The molecule has 0 bridgehead atoms. The molecule has 69 heavy (non-hydrogen) atoms. The number of aromatic nitrogens is 2. The van der Waals surface area contributed by atoms with Crippen LogP contribution in [0, 0.1) is 5.92 Å². The van der Waals surface area contributed by atoms with Gasteiger partial charge >= 0.3 is 11.9 Å². The smallest absolute Gasteiger partial charge is 0.326 e. The van der Waals surface area contributed by atoms with E-state index in [-0.39, 0.29) is 25.0 Å². The number of carboxylic acid groups (broad SMARTS) is 2. The SMILES string of the molecule is CC(C)[C@H](NC(=O)[C@H](Cc1c[nH]c2ccccc12)NC(=O)[C@@H](NC(=O)[C@H](CCC(=O)O)NC(=O)[C@H](Cc1ccc(O)cc1)NC(=O)[C@H](Cc1c[nH]c2ccccc12)NC(=O)[C@H](C)N)[C@@H](C)O)C(=O)O. The van der Waals surface area contributed by atoms with Crippen molar-refractivity contribution in [1.29, 1.82) is 0 Å². The zero-order valence-electron chi connectivity index (χ0n) is 38.4. The maximum absolute atomic E-state index is 14.3. The number of phenolic OH excluding ortho intramolecular Hbond substituents is 1. The van der Waals surface area contributed by atoms with Crippen molar-refractivity contribution in [2.75, 3.05) is 0 Å². The van der Waals surface area contributed by atoms with Gasteiger partial charge in [0.1, 0.15) is 42.0 Å². The number of aromatic amines is 2. The van der Waals surface area contributed by atoms with E-state index in [1.807, 2.05) is 18.2 Å². The summed E-state index contributed by atoms with van der Waals surface area (Å²) in [6.07, 6.45) is 0.0163. The number of fused-ring (bicyclic) bond motifs is 2. The van der Waals surface area contributed by atoms with Crippen LogP contribution in [0.1, 0.15) is 57.2 Å². The molecule has 0 spiro atoms. The lowest BCUT2D eigenvalue weighted by Gasteiger charge is -2.28. The summed E-state index contributed by atoms with van der Waals surface area (Å²) in [5.41, 5.74) is 8.99. The second-order valence-corrected chi connectivity index (χ2v) is 17.3. The van der Waals surface area contributed by atoms with Gasteiger partial charge in [-0.15, -0.1) is 0 Å². The molecule has 0 aliphatic carbocycles. The Balaban J connectivity index is 1.41. The number of aliphatic carboxylic acids is 2. The van der Waals surface area contributed by atoms with E-state index in [1.165, 1.54) is 38.1 Å². The van der Waals surface area contributed by atoms with E-state index in [9.17, 15) is 58.8 Å². The number of H-pyrrole nitrogens is 2. The van der Waals surface area contributed by atoms with E-state index in [0.29, 0.717) is 22.1 Å². The topological polar surface area (TPSA) is 347 Å². The predicted octanol–water partition coefficient (Wildman–Crippen LogP) is 0.625. The van der Waals surface area contributed by atoms with Crippen molar-refractivity contribution in [1.82, 2.24) is 41.9 Å². The van der Waals surface area contributed by atoms with Crippen LogP contribution >= 0.6 is 0 Å². The molecule has 0 radical (unpaired) electrons. The normalized spacial score (nSPS) is 14.8. The molecule has 2 aromatic heterocycles. The highest BCUT2D eigenvalue weighted by atomic mass is 16.4. The summed E-state index contributed by atoms with van der Waals surface area (Å²) in [6.45, 7) is 5.76. The molecule has 5 rings (SSSR count). The van der Waals surface area contributed by atoms with Gasteiger partial charge in [-0.25, -0.2) is 4.79 Å². The second kappa shape index (κ2) is 23.8. The first-order valence-electron chi connectivity index (χ1n) is 22.3. The molecule has 2 heterocycles. The van der Waals surface area contributed by atoms with Gasteiger partial charge < -0.3 is 68.0 Å². The first-order valence-corrected chi connectivity index (χ1v) is 22.3. The number of nitrogens with one attached hydrogen (secondary N) is 8. The van der Waals surface area contributed by atoms with Crippen molar-refractivity contribution < 1.29 is 58.8 Å². The number of para-hydroxylation sites is 2. The number of carbonyl (C=O) groups is 8. The molecule has 3 aromatic carbocycles. The van der Waals surface area contributed by atoms with Crippen LogP contribution in [-0.2, 0) is 57.6 Å². The summed E-state index contributed by atoms with van der Waals surface area (Å²) in [7, 11) is 0. The van der Waals surface area contributed by atoms with Crippen LogP contribution in [0.3, 0.4) is 0 Å². The minimum atomic E-state index is -1.81. The van der Waals surface area contributed by atoms with Crippen LogP contribution in [0.5, 0.6) is 5.75 Å². The van der Waals surface area contributed by atoms with Crippen LogP contribution in [0.15, 0.2) is 85.2 Å². The van der Waals surface area contributed by atoms with Gasteiger partial charge in [0.15, 0.2) is 0 Å². The molecule has 0 saturated carbocycles. The molecule has 0 unspecified atom stereocenters. The number of carbonyl (C=O) groups excluding carboxylic acids is 6. The maximum atomic E-state index is 14.3. The number of aliphatic hydroxyl groups excluding tert-OH is 1. The fourth-order valence-electron chi connectivity index (χ4n) is 7.61. The molecule has 14 N–H and O–H groups in total. The van der Waals surface area contributed by atoms with Gasteiger partial charge in [-0.05, 0) is 67.1 Å². The number of aromatic hydroxyl groups is 1. The number of phenols is 1. The van der Waals surface area contributed by atoms with E-state index < -0.39 is 115 Å². The maximum Gasteiger partial charge on any atom is 0.326 e. The molecule has 21 nitrogen and oxygen atoms in total. The monoisotopic (exact) mass is 953 g/mol. The molecule has 0 saturated heterocycles. The van der Waals surface area contributed by atoms with Crippen LogP contribution in [0.2, 0.25) is 0 Å². The van der Waals surface area contributed by atoms with Crippen LogP contribution in [-0.4, -0.2) is 126 Å². The van der Waals surface area contributed by atoms with Gasteiger partial charge in [-0.1, -0.05) is 62.4 Å². The number of benzene rings is 3. The summed E-state index contributed by atoms with van der Waals surface area (Å²) in [6, 6.07) is 9.97. The van der Waals surface area contributed by atoms with Crippen LogP contribution in [0.4, 0.5) is 0 Å². The van der Waals surface area contributed by atoms with E-state index in [2.05, 4.69) is 41.9 Å². The first-order chi connectivity index (χ1) is 32.7. The molecular formula is C48H59N9O12. The standard InChI is InChI=1S/C48H59N9O12/c1-24(2)40(48(68)69)56-46(66)38(21-29-23-51-34-12-8-6-10-32(29)34)55-47(67)41(26(4)58)57-43(63)35(17-18-39(60)61)52-44(64)36(19-27-13-15-30(59)16-14-27)54-45(65)37(53-42(62)25(3)49)20-28-22-50-33-11-7-5-9-31(28)33/h5-16,22-26,35-38,40-41,50-51,58-59H,17-21,49H2,1-4H3,(H,52,64)(H,53,62)(H,54,65)(H,55,67)(H,56,66)(H,57,63)(H,60,61)(H,68,69)/t25-,26+,35-,36-,37-,38-,40-,41-/m0/s1. The molecule has 0 aliphatic rings. The Hall–Kier alpha value is -7.78. The first kappa shape index (κ1) is 52.2. The third-order valence-corrected chi connectivity index (χ3v) is 11.5. The minimum absolute atomic E-state index is 0.0452. The van der Waals surface area contributed by atoms with Crippen molar-refractivity contribution >= 4 is 69.2 Å². The fraction of sp³-hybridized carbons (Fsp3) is 0.375. The van der Waals surface area contributed by atoms with Gasteiger partial charge in [0.2, 0.25) is 35.4 Å². The highest BCUT2D eigenvalue weighted by Crippen LogP contribution is 2.21. The molecule has 0 fully saturated rings. The molecule has 8 atom stereocenters. The largest absolute Gasteiger partial charge is 0.508 e. The summed E-state index contributed by atoms with van der Waals surface area (Å²) in [5.74, 6) is -8.86. The number of nitrogens with two attached hydrogens (primary N) is 1. The number of aliphatic hydroxyl groups is 1. The number of hydrogen-bond donors (Lipinski definition) is 13. The molecule has 6 amide bonds. The lowest BCUT2D eigenvalue weighted by atomic mass is 10.0. The quantitative estimate of drug-likeness (QED) is 0.0404. The Bertz CT molecular complexity index is 2640. The average Bonchev–Trinajstić information content (AvgIpc) is 3.91. The lowest BCUT2D eigenvalue weighted by Crippen LogP contribution is -2.62. The lowest BCUT2D eigenvalue weighted by molar-refractivity contribution is -0.143. The Morgan fingerprint density at radius 3 is 1.46 bits per heavy atom. The van der Waals surface area contributed by atoms with Gasteiger partial charge in [0, 0.05) is 59.9 Å². The van der Waals surface area contributed by atoms with Crippen molar-refractivity contribution in [3.8, 4) is 5.75 Å². The molecule has 21 heteroatoms. The summed E-state index contributed by atoms with van der Waals surface area (Å²) in [4.78, 5) is 113. The van der Waals surface area contributed by atoms with Crippen molar-refractivity contribution in [2.45, 2.75) is 108 Å². The summed E-state index contributed by atoms with van der Waals surface area (Å²) >= 11 is 0. The highest BCUT2D eigenvalue weighted by Gasteiger charge is 2.36. The average molecular weight is 954 g/mol. The van der Waals surface area contributed by atoms with E-state index in [0.717, 1.165) is 16.4 Å². The zero-order valence-corrected chi connectivity index (χ0v) is 38.4. The Morgan fingerprint density at radius 2 is 0.986 bits per heavy atom. The highest BCUT2D eigenvalue weighted by molar-refractivity contribution is 5.98. The number of amides is 6. The van der Waals surface area contributed by atoms with Crippen molar-refractivity contribution in [3.05, 3.63) is 102 Å². The third-order valence-electron chi connectivity index (χ3n) is 11.5. The molecule has 368 valence electrons. The van der Waals surface area contributed by atoms with Crippen molar-refractivity contribution in [2.24, 2.45) is 11.7 Å². The molecular weight excluding hydrogens is 895 g/mol. The second-order valence-electron chi connectivity index (χ2n) is 17.3. The van der Waals surface area contributed by atoms with Crippen LogP contribution < -0.4 is 37.6 Å².